The van der Waals surface area contributed by atoms with Crippen molar-refractivity contribution in [2.45, 2.75) is 38.8 Å². The number of amides is 1. The van der Waals surface area contributed by atoms with Gasteiger partial charge < -0.3 is 9.72 Å². The molecular formula is C17H21N3O2. The summed E-state index contributed by atoms with van der Waals surface area (Å²) in [4.78, 5) is 21.8. The lowest BCUT2D eigenvalue weighted by Gasteiger charge is -2.23. The number of H-pyrrole nitrogens is 1. The highest BCUT2D eigenvalue weighted by Gasteiger charge is 2.33. The van der Waals surface area contributed by atoms with Crippen LogP contribution in [-0.4, -0.2) is 33.6 Å². The first-order valence-corrected chi connectivity index (χ1v) is 7.72. The standard InChI is InChI=1S/C17H21N3O2/c1-12(2)22-17(21)20-10-6-9-15(20)16-18-11-14(19-16)13-7-4-3-5-8-13/h3-5,7-8,11-12,15H,6,9-10H2,1-2H3,(H,18,19)/t15-/m0/s1. The van der Waals surface area contributed by atoms with Gasteiger partial charge in [-0.05, 0) is 32.3 Å². The van der Waals surface area contributed by atoms with E-state index in [0.29, 0.717) is 0 Å². The van der Waals surface area contributed by atoms with Crippen LogP contribution in [0.2, 0.25) is 0 Å². The van der Waals surface area contributed by atoms with Crippen LogP contribution in [-0.2, 0) is 4.74 Å². The molecule has 0 aliphatic carbocycles. The molecule has 5 heteroatoms. The Morgan fingerprint density at radius 2 is 2.14 bits per heavy atom. The maximum absolute atomic E-state index is 12.2. The molecule has 3 rings (SSSR count). The number of nitrogens with zero attached hydrogens (tertiary/aromatic N) is 2. The summed E-state index contributed by atoms with van der Waals surface area (Å²) in [6, 6.07) is 10.0. The highest BCUT2D eigenvalue weighted by Crippen LogP contribution is 2.32. The van der Waals surface area contributed by atoms with Crippen LogP contribution < -0.4 is 0 Å². The number of nitrogens with one attached hydrogen (secondary N) is 1. The van der Waals surface area contributed by atoms with Crippen molar-refractivity contribution < 1.29 is 9.53 Å². The molecule has 2 aromatic rings. The Hall–Kier alpha value is -2.30. The third-order valence-electron chi connectivity index (χ3n) is 3.82. The van der Waals surface area contributed by atoms with Crippen molar-refractivity contribution in [1.82, 2.24) is 14.9 Å². The smallest absolute Gasteiger partial charge is 0.410 e. The molecule has 0 bridgehead atoms. The van der Waals surface area contributed by atoms with Gasteiger partial charge >= 0.3 is 6.09 Å². The third kappa shape index (κ3) is 2.98. The minimum Gasteiger partial charge on any atom is -0.447 e. The van der Waals surface area contributed by atoms with Gasteiger partial charge in [0, 0.05) is 6.54 Å². The zero-order valence-electron chi connectivity index (χ0n) is 13.0. The average molecular weight is 299 g/mol. The number of carbonyl (C=O) groups is 1. The van der Waals surface area contributed by atoms with E-state index in [1.807, 2.05) is 50.4 Å². The monoisotopic (exact) mass is 299 g/mol. The second kappa shape index (κ2) is 6.22. The average Bonchev–Trinajstić information content (AvgIpc) is 3.16. The van der Waals surface area contributed by atoms with Gasteiger partial charge in [-0.3, -0.25) is 4.90 Å². The first kappa shape index (κ1) is 14.6. The second-order valence-corrected chi connectivity index (χ2v) is 5.83. The zero-order chi connectivity index (χ0) is 15.5. The fourth-order valence-electron chi connectivity index (χ4n) is 2.81. The molecule has 0 radical (unpaired) electrons. The van der Waals surface area contributed by atoms with Crippen molar-refractivity contribution in [2.75, 3.05) is 6.54 Å². The van der Waals surface area contributed by atoms with Crippen LogP contribution in [0.1, 0.15) is 38.6 Å². The van der Waals surface area contributed by atoms with E-state index in [1.54, 1.807) is 4.90 Å². The van der Waals surface area contributed by atoms with E-state index in [0.717, 1.165) is 36.5 Å². The highest BCUT2D eigenvalue weighted by molar-refractivity contribution is 5.69. The lowest BCUT2D eigenvalue weighted by molar-refractivity contribution is 0.0722. The molecule has 1 saturated heterocycles. The second-order valence-electron chi connectivity index (χ2n) is 5.83. The fraction of sp³-hybridized carbons (Fsp3) is 0.412. The molecule has 0 saturated carbocycles. The Morgan fingerprint density at radius 3 is 2.86 bits per heavy atom. The summed E-state index contributed by atoms with van der Waals surface area (Å²) in [6.45, 7) is 4.45. The van der Waals surface area contributed by atoms with Gasteiger partial charge in [0.2, 0.25) is 0 Å². The van der Waals surface area contributed by atoms with E-state index in [2.05, 4.69) is 9.97 Å². The van der Waals surface area contributed by atoms with Crippen LogP contribution in [0.25, 0.3) is 11.3 Å². The summed E-state index contributed by atoms with van der Waals surface area (Å²) in [5.74, 6) is 0.831. The van der Waals surface area contributed by atoms with Crippen LogP contribution in [0, 0.1) is 0 Å². The van der Waals surface area contributed by atoms with Crippen LogP contribution in [0.15, 0.2) is 36.5 Å². The van der Waals surface area contributed by atoms with Gasteiger partial charge in [0.05, 0.1) is 24.0 Å². The summed E-state index contributed by atoms with van der Waals surface area (Å²) in [5, 5.41) is 0. The van der Waals surface area contributed by atoms with E-state index in [4.69, 9.17) is 4.74 Å². The number of imidazole rings is 1. The summed E-state index contributed by atoms with van der Waals surface area (Å²) in [6.07, 6.45) is 3.35. The van der Waals surface area contributed by atoms with Crippen molar-refractivity contribution in [2.24, 2.45) is 0 Å². The number of carbonyl (C=O) groups excluding carboxylic acids is 1. The zero-order valence-corrected chi connectivity index (χ0v) is 13.0. The van der Waals surface area contributed by atoms with Crippen molar-refractivity contribution in [3.05, 3.63) is 42.4 Å². The third-order valence-corrected chi connectivity index (χ3v) is 3.82. The SMILES string of the molecule is CC(C)OC(=O)N1CCC[C@H]1c1ncc(-c2ccccc2)[nH]1. The predicted molar refractivity (Wildman–Crippen MR) is 84.3 cm³/mol. The summed E-state index contributed by atoms with van der Waals surface area (Å²) < 4.78 is 5.32. The maximum Gasteiger partial charge on any atom is 0.410 e. The Bertz CT molecular complexity index is 636. The van der Waals surface area contributed by atoms with Gasteiger partial charge in [0.15, 0.2) is 0 Å². The van der Waals surface area contributed by atoms with Gasteiger partial charge in [0.25, 0.3) is 0 Å². The normalized spacial score (nSPS) is 18.0. The number of hydrogen-bond donors (Lipinski definition) is 1. The molecule has 1 N–H and O–H groups in total. The largest absolute Gasteiger partial charge is 0.447 e. The van der Waals surface area contributed by atoms with Crippen LogP contribution >= 0.6 is 0 Å². The molecule has 1 atom stereocenters. The summed E-state index contributed by atoms with van der Waals surface area (Å²) in [5.41, 5.74) is 2.07. The number of likely N-dealkylation sites (tertiary alicyclic amines) is 1. The number of aromatic nitrogens is 2. The molecular weight excluding hydrogens is 278 g/mol. The molecule has 1 aromatic heterocycles. The molecule has 22 heavy (non-hydrogen) atoms. The van der Waals surface area contributed by atoms with E-state index in [-0.39, 0.29) is 18.2 Å². The predicted octanol–water partition coefficient (Wildman–Crippen LogP) is 3.76. The Labute approximate surface area is 130 Å². The molecule has 1 fully saturated rings. The van der Waals surface area contributed by atoms with Gasteiger partial charge in [-0.2, -0.15) is 0 Å². The van der Waals surface area contributed by atoms with E-state index in [1.165, 1.54) is 0 Å². The summed E-state index contributed by atoms with van der Waals surface area (Å²) in [7, 11) is 0. The van der Waals surface area contributed by atoms with Gasteiger partial charge in [-0.15, -0.1) is 0 Å². The quantitative estimate of drug-likeness (QED) is 0.938. The van der Waals surface area contributed by atoms with Crippen LogP contribution in [0.4, 0.5) is 4.79 Å². The van der Waals surface area contributed by atoms with E-state index < -0.39 is 0 Å². The molecule has 0 spiro atoms. The van der Waals surface area contributed by atoms with Crippen molar-refractivity contribution in [3.63, 3.8) is 0 Å². The molecule has 5 nitrogen and oxygen atoms in total. The van der Waals surface area contributed by atoms with E-state index >= 15 is 0 Å². The van der Waals surface area contributed by atoms with Gasteiger partial charge in [-0.1, -0.05) is 30.3 Å². The molecule has 116 valence electrons. The number of aromatic amines is 1. The maximum atomic E-state index is 12.2. The molecule has 1 amide bonds. The Morgan fingerprint density at radius 1 is 1.36 bits per heavy atom. The molecule has 0 unspecified atom stereocenters. The molecule has 1 aliphatic rings. The first-order valence-electron chi connectivity index (χ1n) is 7.72. The Balaban J connectivity index is 1.79. The minimum atomic E-state index is -0.254. The Kier molecular flexibility index (Phi) is 4.13. The number of hydrogen-bond acceptors (Lipinski definition) is 3. The van der Waals surface area contributed by atoms with Crippen LogP contribution in [0.3, 0.4) is 0 Å². The summed E-state index contributed by atoms with van der Waals surface area (Å²) >= 11 is 0. The van der Waals surface area contributed by atoms with Crippen LogP contribution in [0.5, 0.6) is 0 Å². The van der Waals surface area contributed by atoms with E-state index in [9.17, 15) is 4.79 Å². The lowest BCUT2D eigenvalue weighted by Crippen LogP contribution is -2.33. The fourth-order valence-corrected chi connectivity index (χ4v) is 2.81. The molecule has 2 heterocycles. The lowest BCUT2D eigenvalue weighted by atomic mass is 10.2. The van der Waals surface area contributed by atoms with Crippen molar-refractivity contribution >= 4 is 6.09 Å². The highest BCUT2D eigenvalue weighted by atomic mass is 16.6. The van der Waals surface area contributed by atoms with Crippen molar-refractivity contribution in [3.8, 4) is 11.3 Å². The number of rotatable bonds is 3. The molecule has 1 aromatic carbocycles. The number of ether oxygens (including phenoxy) is 1. The topological polar surface area (TPSA) is 58.2 Å². The first-order chi connectivity index (χ1) is 10.6. The van der Waals surface area contributed by atoms with Gasteiger partial charge in [-0.25, -0.2) is 9.78 Å². The van der Waals surface area contributed by atoms with Gasteiger partial charge in [0.1, 0.15) is 5.82 Å². The molecule has 1 aliphatic heterocycles. The number of benzene rings is 1. The minimum absolute atomic E-state index is 0.0243. The van der Waals surface area contributed by atoms with Crippen molar-refractivity contribution in [1.29, 1.82) is 0 Å².